The molecule has 19 heavy (non-hydrogen) atoms. The predicted molar refractivity (Wildman–Crippen MR) is 75.1 cm³/mol. The minimum Gasteiger partial charge on any atom is -0.311 e. The summed E-state index contributed by atoms with van der Waals surface area (Å²) in [7, 11) is -3.04. The standard InChI is InChI=1S/C13H21N3O2S/c1-19(17,18)16-8-4-5-12(11-16)9-14-10-13-6-2-3-7-15-13/h2-3,6-7,12,14H,4-5,8-11H2,1H3. The van der Waals surface area contributed by atoms with E-state index in [9.17, 15) is 8.42 Å². The van der Waals surface area contributed by atoms with Crippen molar-refractivity contribution in [1.82, 2.24) is 14.6 Å². The monoisotopic (exact) mass is 283 g/mol. The van der Waals surface area contributed by atoms with Crippen LogP contribution in [0.2, 0.25) is 0 Å². The van der Waals surface area contributed by atoms with Crippen molar-refractivity contribution in [2.45, 2.75) is 19.4 Å². The molecule has 106 valence electrons. The van der Waals surface area contributed by atoms with E-state index in [1.54, 1.807) is 10.5 Å². The fraction of sp³-hybridized carbons (Fsp3) is 0.615. The lowest BCUT2D eigenvalue weighted by Crippen LogP contribution is -2.42. The Hall–Kier alpha value is -0.980. The second-order valence-electron chi connectivity index (χ2n) is 5.08. The van der Waals surface area contributed by atoms with Gasteiger partial charge in [-0.3, -0.25) is 4.98 Å². The van der Waals surface area contributed by atoms with E-state index in [-0.39, 0.29) is 0 Å². The number of nitrogens with zero attached hydrogens (tertiary/aromatic N) is 2. The first-order valence-electron chi connectivity index (χ1n) is 6.61. The van der Waals surface area contributed by atoms with Crippen molar-refractivity contribution in [2.75, 3.05) is 25.9 Å². The van der Waals surface area contributed by atoms with E-state index in [1.807, 2.05) is 18.2 Å². The maximum absolute atomic E-state index is 11.5. The van der Waals surface area contributed by atoms with Gasteiger partial charge < -0.3 is 5.32 Å². The summed E-state index contributed by atoms with van der Waals surface area (Å²) < 4.78 is 24.6. The van der Waals surface area contributed by atoms with Crippen LogP contribution in [-0.2, 0) is 16.6 Å². The van der Waals surface area contributed by atoms with Crippen molar-refractivity contribution in [2.24, 2.45) is 5.92 Å². The van der Waals surface area contributed by atoms with E-state index < -0.39 is 10.0 Å². The Kier molecular flexibility index (Phi) is 4.90. The molecular formula is C13H21N3O2S. The molecule has 2 heterocycles. The van der Waals surface area contributed by atoms with Crippen LogP contribution in [0.1, 0.15) is 18.5 Å². The molecule has 1 aliphatic rings. The normalized spacial score (nSPS) is 21.4. The van der Waals surface area contributed by atoms with Crippen molar-refractivity contribution in [3.63, 3.8) is 0 Å². The van der Waals surface area contributed by atoms with E-state index in [0.29, 0.717) is 19.0 Å². The smallest absolute Gasteiger partial charge is 0.211 e. The van der Waals surface area contributed by atoms with Gasteiger partial charge in [0.05, 0.1) is 11.9 Å². The van der Waals surface area contributed by atoms with Gasteiger partial charge in [-0.2, -0.15) is 0 Å². The van der Waals surface area contributed by atoms with Crippen LogP contribution in [0.25, 0.3) is 0 Å². The van der Waals surface area contributed by atoms with Crippen LogP contribution in [0, 0.1) is 5.92 Å². The minimum atomic E-state index is -3.04. The number of piperidine rings is 1. The second-order valence-corrected chi connectivity index (χ2v) is 7.06. The molecule has 6 heteroatoms. The largest absolute Gasteiger partial charge is 0.311 e. The molecule has 1 aliphatic heterocycles. The summed E-state index contributed by atoms with van der Waals surface area (Å²) in [6.07, 6.45) is 5.10. The third kappa shape index (κ3) is 4.56. The average Bonchev–Trinajstić information content (AvgIpc) is 2.39. The third-order valence-corrected chi connectivity index (χ3v) is 4.69. The van der Waals surface area contributed by atoms with Crippen molar-refractivity contribution in [1.29, 1.82) is 0 Å². The van der Waals surface area contributed by atoms with Gasteiger partial charge in [0.2, 0.25) is 10.0 Å². The Balaban J connectivity index is 1.77. The first kappa shape index (κ1) is 14.4. The van der Waals surface area contributed by atoms with Gasteiger partial charge in [0, 0.05) is 25.8 Å². The molecule has 1 saturated heterocycles. The molecule has 1 fully saturated rings. The van der Waals surface area contributed by atoms with Gasteiger partial charge in [0.1, 0.15) is 0 Å². The fourth-order valence-corrected chi connectivity index (χ4v) is 3.34. The Morgan fingerprint density at radius 2 is 2.32 bits per heavy atom. The van der Waals surface area contributed by atoms with Crippen LogP contribution in [0.4, 0.5) is 0 Å². The van der Waals surface area contributed by atoms with Crippen molar-refractivity contribution in [3.8, 4) is 0 Å². The Morgan fingerprint density at radius 1 is 1.47 bits per heavy atom. The highest BCUT2D eigenvalue weighted by Crippen LogP contribution is 2.17. The molecule has 0 bridgehead atoms. The van der Waals surface area contributed by atoms with Crippen LogP contribution in [0.5, 0.6) is 0 Å². The molecule has 1 unspecified atom stereocenters. The minimum absolute atomic E-state index is 0.396. The zero-order valence-corrected chi connectivity index (χ0v) is 12.1. The van der Waals surface area contributed by atoms with E-state index in [1.165, 1.54) is 6.26 Å². The highest BCUT2D eigenvalue weighted by atomic mass is 32.2. The summed E-state index contributed by atoms with van der Waals surface area (Å²) in [5, 5.41) is 3.36. The van der Waals surface area contributed by atoms with E-state index in [0.717, 1.165) is 31.6 Å². The maximum atomic E-state index is 11.5. The van der Waals surface area contributed by atoms with Gasteiger partial charge in [-0.25, -0.2) is 12.7 Å². The van der Waals surface area contributed by atoms with Gasteiger partial charge in [0.25, 0.3) is 0 Å². The lowest BCUT2D eigenvalue weighted by Gasteiger charge is -2.31. The molecule has 0 spiro atoms. The van der Waals surface area contributed by atoms with Crippen LogP contribution in [0.15, 0.2) is 24.4 Å². The third-order valence-electron chi connectivity index (χ3n) is 3.42. The summed E-state index contributed by atoms with van der Waals surface area (Å²) in [5.74, 6) is 0.396. The van der Waals surface area contributed by atoms with Crippen molar-refractivity contribution >= 4 is 10.0 Å². The molecule has 0 amide bonds. The van der Waals surface area contributed by atoms with Crippen LogP contribution in [0.3, 0.4) is 0 Å². The highest BCUT2D eigenvalue weighted by molar-refractivity contribution is 7.88. The molecular weight excluding hydrogens is 262 g/mol. The summed E-state index contributed by atoms with van der Waals surface area (Å²) in [6, 6.07) is 5.85. The zero-order chi connectivity index (χ0) is 13.7. The summed E-state index contributed by atoms with van der Waals surface area (Å²) in [4.78, 5) is 4.25. The van der Waals surface area contributed by atoms with Gasteiger partial charge in [-0.15, -0.1) is 0 Å². The SMILES string of the molecule is CS(=O)(=O)N1CCCC(CNCc2ccccn2)C1. The van der Waals surface area contributed by atoms with E-state index in [2.05, 4.69) is 10.3 Å². The predicted octanol–water partition coefficient (Wildman–Crippen LogP) is 0.843. The molecule has 0 aliphatic carbocycles. The molecule has 1 N–H and O–H groups in total. The number of rotatable bonds is 5. The van der Waals surface area contributed by atoms with Crippen molar-refractivity contribution in [3.05, 3.63) is 30.1 Å². The van der Waals surface area contributed by atoms with Gasteiger partial charge in [-0.1, -0.05) is 6.07 Å². The Labute approximate surface area is 115 Å². The lowest BCUT2D eigenvalue weighted by atomic mass is 10.00. The Bertz CT molecular complexity index is 490. The Morgan fingerprint density at radius 3 is 3.00 bits per heavy atom. The molecule has 0 aromatic carbocycles. The summed E-state index contributed by atoms with van der Waals surface area (Å²) in [6.45, 7) is 2.86. The summed E-state index contributed by atoms with van der Waals surface area (Å²) >= 11 is 0. The molecule has 5 nitrogen and oxygen atoms in total. The number of aromatic nitrogens is 1. The number of pyridine rings is 1. The average molecular weight is 283 g/mol. The molecule has 0 radical (unpaired) electrons. The number of hydrogen-bond donors (Lipinski definition) is 1. The molecule has 2 rings (SSSR count). The first-order chi connectivity index (χ1) is 9.05. The zero-order valence-electron chi connectivity index (χ0n) is 11.2. The molecule has 1 aromatic rings. The number of sulfonamides is 1. The first-order valence-corrected chi connectivity index (χ1v) is 8.46. The second kappa shape index (κ2) is 6.45. The number of hydrogen-bond acceptors (Lipinski definition) is 4. The van der Waals surface area contributed by atoms with E-state index >= 15 is 0 Å². The summed E-state index contributed by atoms with van der Waals surface area (Å²) in [5.41, 5.74) is 1.01. The number of nitrogens with one attached hydrogen (secondary N) is 1. The maximum Gasteiger partial charge on any atom is 0.211 e. The van der Waals surface area contributed by atoms with Crippen LogP contribution < -0.4 is 5.32 Å². The van der Waals surface area contributed by atoms with Gasteiger partial charge in [-0.05, 0) is 37.4 Å². The van der Waals surface area contributed by atoms with Crippen LogP contribution >= 0.6 is 0 Å². The van der Waals surface area contributed by atoms with Crippen LogP contribution in [-0.4, -0.2) is 43.6 Å². The molecule has 0 saturated carbocycles. The van der Waals surface area contributed by atoms with Crippen molar-refractivity contribution < 1.29 is 8.42 Å². The van der Waals surface area contributed by atoms with E-state index in [4.69, 9.17) is 0 Å². The lowest BCUT2D eigenvalue weighted by molar-refractivity contribution is 0.261. The fourth-order valence-electron chi connectivity index (χ4n) is 2.40. The van der Waals surface area contributed by atoms with Gasteiger partial charge >= 0.3 is 0 Å². The topological polar surface area (TPSA) is 62.3 Å². The highest BCUT2D eigenvalue weighted by Gasteiger charge is 2.25. The molecule has 1 aromatic heterocycles. The quantitative estimate of drug-likeness (QED) is 0.870. The molecule has 1 atom stereocenters. The van der Waals surface area contributed by atoms with Gasteiger partial charge in [0.15, 0.2) is 0 Å².